The lowest BCUT2D eigenvalue weighted by Gasteiger charge is -2.13. The summed E-state index contributed by atoms with van der Waals surface area (Å²) >= 11 is 1.28. The molecule has 7 heteroatoms. The van der Waals surface area contributed by atoms with Crippen LogP contribution in [0.5, 0.6) is 0 Å². The summed E-state index contributed by atoms with van der Waals surface area (Å²) in [6.45, 7) is 4.92. The lowest BCUT2D eigenvalue weighted by molar-refractivity contribution is 0.561. The van der Waals surface area contributed by atoms with Crippen molar-refractivity contribution in [3.8, 4) is 0 Å². The zero-order valence-corrected chi connectivity index (χ0v) is 12.9. The predicted molar refractivity (Wildman–Crippen MR) is 78.7 cm³/mol. The molecule has 0 aliphatic heterocycles. The van der Waals surface area contributed by atoms with E-state index >= 15 is 0 Å². The van der Waals surface area contributed by atoms with E-state index in [1.807, 2.05) is 19.9 Å². The van der Waals surface area contributed by atoms with Crippen LogP contribution in [-0.2, 0) is 0 Å². The van der Waals surface area contributed by atoms with E-state index in [0.717, 1.165) is 24.9 Å². The van der Waals surface area contributed by atoms with Crippen LogP contribution >= 0.6 is 11.8 Å². The normalized spacial score (nSPS) is 16.1. The Morgan fingerprint density at radius 2 is 2.29 bits per heavy atom. The first-order chi connectivity index (χ1) is 10.2. The Kier molecular flexibility index (Phi) is 4.21. The van der Waals surface area contributed by atoms with Crippen molar-refractivity contribution >= 4 is 11.8 Å². The third-order valence-electron chi connectivity index (χ3n) is 3.52. The van der Waals surface area contributed by atoms with Crippen LogP contribution < -0.4 is 5.32 Å². The van der Waals surface area contributed by atoms with Crippen LogP contribution in [0.3, 0.4) is 0 Å². The number of hydrogen-bond acceptors (Lipinski definition) is 5. The molecular formula is C14H18FN5S. The topological polar surface area (TPSA) is 55.6 Å². The second-order valence-electron chi connectivity index (χ2n) is 5.21. The molecule has 1 aliphatic carbocycles. The van der Waals surface area contributed by atoms with Gasteiger partial charge in [0.05, 0.1) is 10.9 Å². The second kappa shape index (κ2) is 6.11. The van der Waals surface area contributed by atoms with Crippen molar-refractivity contribution < 1.29 is 4.39 Å². The molecule has 1 unspecified atom stereocenters. The largest absolute Gasteiger partial charge is 0.310 e. The van der Waals surface area contributed by atoms with Crippen LogP contribution in [0, 0.1) is 5.82 Å². The van der Waals surface area contributed by atoms with Gasteiger partial charge in [0.25, 0.3) is 0 Å². The Balaban J connectivity index is 1.78. The van der Waals surface area contributed by atoms with Gasteiger partial charge in [0, 0.05) is 6.04 Å². The number of benzene rings is 1. The maximum Gasteiger partial charge on any atom is 0.214 e. The molecule has 1 aromatic carbocycles. The van der Waals surface area contributed by atoms with E-state index in [-0.39, 0.29) is 11.9 Å². The highest BCUT2D eigenvalue weighted by atomic mass is 32.2. The fourth-order valence-electron chi connectivity index (χ4n) is 2.19. The first-order valence-electron chi connectivity index (χ1n) is 7.17. The van der Waals surface area contributed by atoms with Crippen molar-refractivity contribution in [3.63, 3.8) is 0 Å². The third-order valence-corrected chi connectivity index (χ3v) is 4.53. The van der Waals surface area contributed by atoms with Crippen molar-refractivity contribution in [1.82, 2.24) is 25.5 Å². The number of aromatic nitrogens is 4. The summed E-state index contributed by atoms with van der Waals surface area (Å²) in [5.41, 5.74) is 0.945. The molecule has 3 rings (SSSR count). The fourth-order valence-corrected chi connectivity index (χ4v) is 3.04. The van der Waals surface area contributed by atoms with Crippen molar-refractivity contribution in [2.24, 2.45) is 0 Å². The van der Waals surface area contributed by atoms with E-state index in [1.165, 1.54) is 11.8 Å². The Hall–Kier alpha value is -1.47. The van der Waals surface area contributed by atoms with E-state index < -0.39 is 0 Å². The quantitative estimate of drug-likeness (QED) is 0.889. The molecule has 0 spiro atoms. The first-order valence-corrected chi connectivity index (χ1v) is 7.99. The molecule has 2 aromatic rings. The molecule has 1 aromatic heterocycles. The lowest BCUT2D eigenvalue weighted by Crippen LogP contribution is -2.17. The smallest absolute Gasteiger partial charge is 0.214 e. The summed E-state index contributed by atoms with van der Waals surface area (Å²) in [6.07, 6.45) is 2.19. The third kappa shape index (κ3) is 3.24. The van der Waals surface area contributed by atoms with Crippen LogP contribution in [0.1, 0.15) is 44.3 Å². The average Bonchev–Trinajstić information content (AvgIpc) is 3.21. The highest BCUT2D eigenvalue weighted by Crippen LogP contribution is 2.38. The number of rotatable bonds is 6. The number of nitrogens with zero attached hydrogens (tertiary/aromatic N) is 4. The van der Waals surface area contributed by atoms with Crippen molar-refractivity contribution in [1.29, 1.82) is 0 Å². The highest BCUT2D eigenvalue weighted by molar-refractivity contribution is 7.99. The lowest BCUT2D eigenvalue weighted by atomic mass is 10.1. The van der Waals surface area contributed by atoms with Gasteiger partial charge in [-0.25, -0.2) is 9.07 Å². The molecule has 1 fully saturated rings. The maximum atomic E-state index is 14.3. The Labute approximate surface area is 127 Å². The van der Waals surface area contributed by atoms with Crippen LogP contribution in [-0.4, -0.2) is 26.8 Å². The van der Waals surface area contributed by atoms with Gasteiger partial charge in [-0.05, 0) is 66.2 Å². The van der Waals surface area contributed by atoms with E-state index in [9.17, 15) is 4.39 Å². The molecule has 0 radical (unpaired) electrons. The summed E-state index contributed by atoms with van der Waals surface area (Å²) in [5.74, 6) is -0.229. The average molecular weight is 307 g/mol. The number of tetrazole rings is 1. The zero-order valence-electron chi connectivity index (χ0n) is 12.1. The van der Waals surface area contributed by atoms with Crippen molar-refractivity contribution in [3.05, 3.63) is 29.6 Å². The number of halogens is 1. The second-order valence-corrected chi connectivity index (χ2v) is 6.22. The van der Waals surface area contributed by atoms with Crippen LogP contribution in [0.15, 0.2) is 28.3 Å². The molecule has 1 N–H and O–H groups in total. The summed E-state index contributed by atoms with van der Waals surface area (Å²) in [7, 11) is 0. The molecule has 1 aliphatic rings. The summed E-state index contributed by atoms with van der Waals surface area (Å²) in [4.78, 5) is 0.555. The highest BCUT2D eigenvalue weighted by Gasteiger charge is 2.28. The predicted octanol–water partition coefficient (Wildman–Crippen LogP) is 2.97. The maximum absolute atomic E-state index is 14.3. The van der Waals surface area contributed by atoms with E-state index in [1.54, 1.807) is 16.8 Å². The Morgan fingerprint density at radius 3 is 2.95 bits per heavy atom. The fraction of sp³-hybridized carbons (Fsp3) is 0.500. The van der Waals surface area contributed by atoms with Gasteiger partial charge in [-0.3, -0.25) is 0 Å². The van der Waals surface area contributed by atoms with Gasteiger partial charge in [-0.1, -0.05) is 13.0 Å². The molecule has 21 heavy (non-hydrogen) atoms. The minimum atomic E-state index is -0.229. The van der Waals surface area contributed by atoms with Gasteiger partial charge >= 0.3 is 0 Å². The Bertz CT molecular complexity index is 626. The zero-order chi connectivity index (χ0) is 14.8. The Morgan fingerprint density at radius 1 is 1.48 bits per heavy atom. The molecule has 0 saturated heterocycles. The van der Waals surface area contributed by atoms with E-state index in [0.29, 0.717) is 16.1 Å². The minimum absolute atomic E-state index is 0.139. The van der Waals surface area contributed by atoms with Gasteiger partial charge in [-0.2, -0.15) is 0 Å². The van der Waals surface area contributed by atoms with E-state index in [4.69, 9.17) is 0 Å². The molecule has 0 bridgehead atoms. The summed E-state index contributed by atoms with van der Waals surface area (Å²) in [5, 5.41) is 15.6. The molecule has 1 saturated carbocycles. The SMILES string of the molecule is CCNC(C)c1ccc(Sc2nnnn2C2CC2)c(F)c1. The summed E-state index contributed by atoms with van der Waals surface area (Å²) in [6, 6.07) is 5.86. The van der Waals surface area contributed by atoms with Gasteiger partial charge in [0.1, 0.15) is 5.82 Å². The van der Waals surface area contributed by atoms with E-state index in [2.05, 4.69) is 20.8 Å². The van der Waals surface area contributed by atoms with Crippen molar-refractivity contribution in [2.45, 2.75) is 48.8 Å². The van der Waals surface area contributed by atoms with Gasteiger partial charge < -0.3 is 5.32 Å². The molecule has 1 heterocycles. The molecule has 112 valence electrons. The molecular weight excluding hydrogens is 289 g/mol. The van der Waals surface area contributed by atoms with Gasteiger partial charge in [-0.15, -0.1) is 5.10 Å². The summed E-state index contributed by atoms with van der Waals surface area (Å²) < 4.78 is 16.1. The van der Waals surface area contributed by atoms with Crippen LogP contribution in [0.4, 0.5) is 4.39 Å². The van der Waals surface area contributed by atoms with Gasteiger partial charge in [0.2, 0.25) is 5.16 Å². The standard InChI is InChI=1S/C14H18FN5S/c1-3-16-9(2)10-4-7-13(12(15)8-10)21-14-17-18-19-20(14)11-5-6-11/h4,7-9,11,16H,3,5-6H2,1-2H3. The number of nitrogens with one attached hydrogen (secondary N) is 1. The molecule has 1 atom stereocenters. The first kappa shape index (κ1) is 14.5. The van der Waals surface area contributed by atoms with Crippen LogP contribution in [0.2, 0.25) is 0 Å². The molecule has 5 nitrogen and oxygen atoms in total. The van der Waals surface area contributed by atoms with Crippen molar-refractivity contribution in [2.75, 3.05) is 6.54 Å². The van der Waals surface area contributed by atoms with Crippen LogP contribution in [0.25, 0.3) is 0 Å². The minimum Gasteiger partial charge on any atom is -0.310 e. The molecule has 0 amide bonds. The number of hydrogen-bond donors (Lipinski definition) is 1. The van der Waals surface area contributed by atoms with Gasteiger partial charge in [0.15, 0.2) is 0 Å². The monoisotopic (exact) mass is 307 g/mol.